The van der Waals surface area contributed by atoms with E-state index in [0.717, 1.165) is 50.3 Å². The molecule has 272 valence electrons. The highest BCUT2D eigenvalue weighted by atomic mass is 16.5. The molecule has 0 amide bonds. The number of rotatable bonds is 8. The predicted octanol–water partition coefficient (Wildman–Crippen LogP) is 14.6. The first-order valence-corrected chi connectivity index (χ1v) is 19.4. The second-order valence-electron chi connectivity index (χ2n) is 14.5. The Kier molecular flexibility index (Phi) is 8.42. The molecule has 0 aliphatic carbocycles. The van der Waals surface area contributed by atoms with Crippen molar-refractivity contribution in [3.05, 3.63) is 200 Å². The molecule has 10 aromatic rings. The molecule has 0 spiro atoms. The third kappa shape index (κ3) is 5.75. The maximum atomic E-state index is 5.58. The summed E-state index contributed by atoms with van der Waals surface area (Å²) >= 11 is 0. The average molecular weight is 733 g/mol. The van der Waals surface area contributed by atoms with Crippen LogP contribution in [0.15, 0.2) is 189 Å². The van der Waals surface area contributed by atoms with Gasteiger partial charge in [-0.3, -0.25) is 0 Å². The molecule has 0 unspecified atom stereocenters. The Balaban J connectivity index is 1.19. The van der Waals surface area contributed by atoms with E-state index in [-0.39, 0.29) is 0 Å². The summed E-state index contributed by atoms with van der Waals surface area (Å²) in [4.78, 5) is 0. The van der Waals surface area contributed by atoms with Crippen molar-refractivity contribution < 1.29 is 4.74 Å². The number of allylic oxidation sites excluding steroid dienone is 1. The third-order valence-corrected chi connectivity index (χ3v) is 11.3. The Morgan fingerprint density at radius 3 is 1.98 bits per heavy atom. The number of nitrogens with zero attached hydrogens (tertiary/aromatic N) is 2. The number of hydrogen-bond acceptors (Lipinski definition) is 1. The van der Waals surface area contributed by atoms with Gasteiger partial charge < -0.3 is 13.9 Å². The van der Waals surface area contributed by atoms with Crippen LogP contribution in [0.1, 0.15) is 18.1 Å². The average Bonchev–Trinajstić information content (AvgIpc) is 3.85. The van der Waals surface area contributed by atoms with Gasteiger partial charge in [-0.25, -0.2) is 0 Å². The van der Waals surface area contributed by atoms with Crippen molar-refractivity contribution in [2.24, 2.45) is 0 Å². The Morgan fingerprint density at radius 1 is 0.491 bits per heavy atom. The summed E-state index contributed by atoms with van der Waals surface area (Å²) < 4.78 is 10.4. The van der Waals surface area contributed by atoms with E-state index in [2.05, 4.69) is 199 Å². The van der Waals surface area contributed by atoms with E-state index in [1.165, 1.54) is 55.0 Å². The number of aromatic nitrogens is 2. The van der Waals surface area contributed by atoms with Gasteiger partial charge in [0.25, 0.3) is 0 Å². The van der Waals surface area contributed by atoms with Crippen LogP contribution in [-0.2, 0) is 0 Å². The zero-order chi connectivity index (χ0) is 38.5. The lowest BCUT2D eigenvalue weighted by Gasteiger charge is -2.17. The van der Waals surface area contributed by atoms with Gasteiger partial charge in [0.1, 0.15) is 5.75 Å². The summed E-state index contributed by atoms with van der Waals surface area (Å²) in [6.45, 7) is 6.40. The molecule has 0 atom stereocenters. The molecule has 0 bridgehead atoms. The van der Waals surface area contributed by atoms with Crippen LogP contribution in [0.25, 0.3) is 101 Å². The molecule has 0 aliphatic rings. The van der Waals surface area contributed by atoms with Gasteiger partial charge in [0.2, 0.25) is 0 Å². The summed E-state index contributed by atoms with van der Waals surface area (Å²) in [6, 6.07) is 63.6. The maximum absolute atomic E-state index is 5.58. The first-order valence-electron chi connectivity index (χ1n) is 19.4. The molecule has 2 aromatic heterocycles. The molecule has 0 N–H and O–H groups in total. The fraction of sp³-hybridized carbons (Fsp3) is 0.0370. The van der Waals surface area contributed by atoms with Crippen molar-refractivity contribution in [2.45, 2.75) is 6.92 Å². The van der Waals surface area contributed by atoms with E-state index in [1.807, 2.05) is 18.2 Å². The first-order chi connectivity index (χ1) is 28.1. The van der Waals surface area contributed by atoms with Crippen LogP contribution < -0.4 is 4.74 Å². The lowest BCUT2D eigenvalue weighted by atomic mass is 9.92. The number of fused-ring (bicyclic) bond motifs is 4. The molecule has 2 heterocycles. The number of benzene rings is 8. The fourth-order valence-electron chi connectivity index (χ4n) is 8.64. The highest BCUT2D eigenvalue weighted by Gasteiger charge is 2.20. The third-order valence-electron chi connectivity index (χ3n) is 11.3. The Bertz CT molecular complexity index is 3170. The van der Waals surface area contributed by atoms with Gasteiger partial charge in [0.05, 0.1) is 35.2 Å². The molecule has 57 heavy (non-hydrogen) atoms. The molecular weight excluding hydrogens is 693 g/mol. The molecule has 0 saturated heterocycles. The van der Waals surface area contributed by atoms with E-state index >= 15 is 0 Å². The van der Waals surface area contributed by atoms with Gasteiger partial charge in [0.15, 0.2) is 0 Å². The highest BCUT2D eigenvalue weighted by molar-refractivity contribution is 6.03. The second-order valence-corrected chi connectivity index (χ2v) is 14.5. The smallest absolute Gasteiger partial charge is 0.119 e. The van der Waals surface area contributed by atoms with E-state index in [9.17, 15) is 0 Å². The van der Waals surface area contributed by atoms with Gasteiger partial charge in [-0.1, -0.05) is 134 Å². The van der Waals surface area contributed by atoms with Crippen LogP contribution in [0, 0.1) is 0 Å². The molecule has 10 rings (SSSR count). The van der Waals surface area contributed by atoms with Crippen molar-refractivity contribution >= 4 is 55.5 Å². The number of hydrogen-bond donors (Lipinski definition) is 0. The largest absolute Gasteiger partial charge is 0.497 e. The van der Waals surface area contributed by atoms with E-state index in [0.29, 0.717) is 0 Å². The highest BCUT2D eigenvalue weighted by Crippen LogP contribution is 2.41. The first kappa shape index (κ1) is 34.2. The Morgan fingerprint density at radius 2 is 1.19 bits per heavy atom. The zero-order valence-electron chi connectivity index (χ0n) is 32.0. The topological polar surface area (TPSA) is 19.1 Å². The lowest BCUT2D eigenvalue weighted by molar-refractivity contribution is 0.415. The van der Waals surface area contributed by atoms with Crippen LogP contribution in [0.3, 0.4) is 0 Å². The lowest BCUT2D eigenvalue weighted by Crippen LogP contribution is -2.00. The van der Waals surface area contributed by atoms with Crippen LogP contribution in [0.2, 0.25) is 0 Å². The van der Waals surface area contributed by atoms with Crippen molar-refractivity contribution in [3.63, 3.8) is 0 Å². The quantitative estimate of drug-likeness (QED) is 0.152. The van der Waals surface area contributed by atoms with Crippen molar-refractivity contribution in [2.75, 3.05) is 7.11 Å². The minimum Gasteiger partial charge on any atom is -0.497 e. The molecule has 8 aromatic carbocycles. The summed E-state index contributed by atoms with van der Waals surface area (Å²) in [7, 11) is 1.71. The molecule has 0 aliphatic heterocycles. The minimum atomic E-state index is 0.823. The normalized spacial score (nSPS) is 11.7. The summed E-state index contributed by atoms with van der Waals surface area (Å²) in [5.41, 5.74) is 13.7. The van der Waals surface area contributed by atoms with Crippen molar-refractivity contribution in [3.8, 4) is 50.8 Å². The second kappa shape index (κ2) is 14.1. The van der Waals surface area contributed by atoms with Gasteiger partial charge in [-0.15, -0.1) is 0 Å². The molecule has 3 nitrogen and oxygen atoms in total. The summed E-state index contributed by atoms with van der Waals surface area (Å²) in [5.74, 6) is 0.823. The Labute approximate surface area is 332 Å². The van der Waals surface area contributed by atoms with E-state index < -0.39 is 0 Å². The van der Waals surface area contributed by atoms with Crippen LogP contribution in [0.4, 0.5) is 0 Å². The van der Waals surface area contributed by atoms with Gasteiger partial charge >= 0.3 is 0 Å². The maximum Gasteiger partial charge on any atom is 0.119 e. The zero-order valence-corrected chi connectivity index (χ0v) is 32.0. The van der Waals surface area contributed by atoms with Gasteiger partial charge in [-0.05, 0) is 118 Å². The number of methoxy groups -OCH3 is 1. The fourth-order valence-corrected chi connectivity index (χ4v) is 8.64. The molecular formula is C54H40N2O. The van der Waals surface area contributed by atoms with Crippen LogP contribution in [0.5, 0.6) is 5.75 Å². The standard InChI is InChI=1S/C54H40N2O/c1-4-14-48-45(5-2)49(32-40-18-10-11-20-46(40)48)54-34-41-24-23-39(33-53(41)55(54)43-26-28-44(57-3)29-27-43)38-25-30-50-42(31-38)35-52(37-16-7-6-8-17-37)56(50)51-22-13-19-36-15-9-12-21-47(36)51/h4-35H,2H2,1,3H3/b14-4-. The molecule has 3 heteroatoms. The van der Waals surface area contributed by atoms with E-state index in [1.54, 1.807) is 7.11 Å². The summed E-state index contributed by atoms with van der Waals surface area (Å²) in [5, 5.41) is 7.20. The van der Waals surface area contributed by atoms with Crippen molar-refractivity contribution in [1.82, 2.24) is 9.13 Å². The minimum absolute atomic E-state index is 0.823. The van der Waals surface area contributed by atoms with Crippen LogP contribution >= 0.6 is 0 Å². The van der Waals surface area contributed by atoms with Crippen LogP contribution in [-0.4, -0.2) is 16.2 Å². The van der Waals surface area contributed by atoms with E-state index in [4.69, 9.17) is 4.74 Å². The van der Waals surface area contributed by atoms with Gasteiger partial charge in [0, 0.05) is 27.4 Å². The molecule has 0 saturated carbocycles. The number of ether oxygens (including phenoxy) is 1. The Hall–Kier alpha value is -7.36. The molecule has 0 fully saturated rings. The monoisotopic (exact) mass is 732 g/mol. The van der Waals surface area contributed by atoms with Crippen molar-refractivity contribution in [1.29, 1.82) is 0 Å². The SMILES string of the molecule is C=Cc1c(-c2cc3ccc(-c4ccc5c(c4)cc(-c4ccccc4)n5-c4cccc5ccccc45)cc3n2-c2ccc(OC)cc2)cc2ccccc2c1/C=C\C. The summed E-state index contributed by atoms with van der Waals surface area (Å²) in [6.07, 6.45) is 6.32. The van der Waals surface area contributed by atoms with Gasteiger partial charge in [-0.2, -0.15) is 0 Å². The molecule has 0 radical (unpaired) electrons. The predicted molar refractivity (Wildman–Crippen MR) is 243 cm³/mol.